The average molecular weight is 329 g/mol. The first kappa shape index (κ1) is 20.4. The van der Waals surface area contributed by atoms with Gasteiger partial charge in [-0.3, -0.25) is 9.59 Å². The molecule has 1 heterocycles. The number of carbonyl (C=O) groups excluding carboxylic acids is 2. The van der Waals surface area contributed by atoms with Gasteiger partial charge in [-0.2, -0.15) is 0 Å². The van der Waals surface area contributed by atoms with Gasteiger partial charge in [-0.05, 0) is 13.3 Å². The van der Waals surface area contributed by atoms with Gasteiger partial charge in [-0.25, -0.2) is 4.98 Å². The SMILES string of the molecule is CC(=O)Nc1nc(C(=O)NCCC(C)N)cs1.Cl.Cl. The number of aromatic nitrogens is 1. The molecule has 0 saturated carbocycles. The van der Waals surface area contributed by atoms with Gasteiger partial charge in [-0.1, -0.05) is 0 Å². The largest absolute Gasteiger partial charge is 0.351 e. The summed E-state index contributed by atoms with van der Waals surface area (Å²) in [6, 6.07) is 0.0562. The molecule has 9 heteroatoms. The van der Waals surface area contributed by atoms with Crippen LogP contribution in [0, 0.1) is 0 Å². The van der Waals surface area contributed by atoms with Crippen LogP contribution in [-0.4, -0.2) is 29.4 Å². The molecule has 0 fully saturated rings. The van der Waals surface area contributed by atoms with Crippen LogP contribution >= 0.6 is 36.2 Å². The number of anilines is 1. The van der Waals surface area contributed by atoms with Gasteiger partial charge >= 0.3 is 0 Å². The summed E-state index contributed by atoms with van der Waals surface area (Å²) in [4.78, 5) is 26.4. The first-order valence-electron chi connectivity index (χ1n) is 5.26. The van der Waals surface area contributed by atoms with E-state index in [0.29, 0.717) is 23.8 Å². The Morgan fingerprint density at radius 2 is 2.11 bits per heavy atom. The maximum Gasteiger partial charge on any atom is 0.270 e. The molecule has 0 aliphatic carbocycles. The zero-order chi connectivity index (χ0) is 12.8. The molecule has 1 atom stereocenters. The van der Waals surface area contributed by atoms with E-state index in [1.165, 1.54) is 18.3 Å². The molecule has 4 N–H and O–H groups in total. The van der Waals surface area contributed by atoms with E-state index in [2.05, 4.69) is 15.6 Å². The minimum absolute atomic E-state index is 0. The number of hydrogen-bond acceptors (Lipinski definition) is 5. The Hall–Kier alpha value is -0.890. The molecule has 0 aliphatic rings. The predicted molar refractivity (Wildman–Crippen MR) is 81.5 cm³/mol. The van der Waals surface area contributed by atoms with Gasteiger partial charge in [0.05, 0.1) is 0 Å². The van der Waals surface area contributed by atoms with Gasteiger partial charge < -0.3 is 16.4 Å². The third-order valence-corrected chi connectivity index (χ3v) is 2.66. The predicted octanol–water partition coefficient (Wildman–Crippen LogP) is 1.41. The number of hydrogen-bond donors (Lipinski definition) is 3. The molecule has 0 radical (unpaired) electrons. The van der Waals surface area contributed by atoms with Gasteiger partial charge in [-0.15, -0.1) is 36.2 Å². The molecule has 0 saturated heterocycles. The first-order valence-corrected chi connectivity index (χ1v) is 6.14. The van der Waals surface area contributed by atoms with Crippen molar-refractivity contribution in [2.24, 2.45) is 5.73 Å². The van der Waals surface area contributed by atoms with Crippen molar-refractivity contribution in [1.29, 1.82) is 0 Å². The van der Waals surface area contributed by atoms with Crippen LogP contribution < -0.4 is 16.4 Å². The fourth-order valence-corrected chi connectivity index (χ4v) is 1.83. The first-order chi connectivity index (χ1) is 7.99. The van der Waals surface area contributed by atoms with Crippen molar-refractivity contribution >= 4 is 53.1 Å². The lowest BCUT2D eigenvalue weighted by Gasteiger charge is -2.05. The Balaban J connectivity index is 0. The number of amides is 2. The second-order valence-electron chi connectivity index (χ2n) is 3.74. The summed E-state index contributed by atoms with van der Waals surface area (Å²) in [5.41, 5.74) is 5.87. The van der Waals surface area contributed by atoms with E-state index in [4.69, 9.17) is 5.73 Å². The molecule has 19 heavy (non-hydrogen) atoms. The standard InChI is InChI=1S/C10H16N4O2S.2ClH/c1-6(11)3-4-12-9(16)8-5-17-10(14-8)13-7(2)15;;/h5-6H,3-4,11H2,1-2H3,(H,12,16)(H,13,14,15);2*1H. The van der Waals surface area contributed by atoms with Crippen molar-refractivity contribution in [1.82, 2.24) is 10.3 Å². The van der Waals surface area contributed by atoms with E-state index in [9.17, 15) is 9.59 Å². The number of nitrogens with two attached hydrogens (primary N) is 1. The molecule has 110 valence electrons. The van der Waals surface area contributed by atoms with Crippen molar-refractivity contribution in [3.8, 4) is 0 Å². The van der Waals surface area contributed by atoms with E-state index >= 15 is 0 Å². The van der Waals surface area contributed by atoms with Crippen LogP contribution in [0.25, 0.3) is 0 Å². The van der Waals surface area contributed by atoms with Crippen molar-refractivity contribution in [3.63, 3.8) is 0 Å². The van der Waals surface area contributed by atoms with E-state index in [0.717, 1.165) is 0 Å². The van der Waals surface area contributed by atoms with Crippen molar-refractivity contribution in [2.75, 3.05) is 11.9 Å². The molecular formula is C10H18Cl2N4O2S. The topological polar surface area (TPSA) is 97.1 Å². The maximum atomic E-state index is 11.6. The van der Waals surface area contributed by atoms with Gasteiger partial charge in [0.25, 0.3) is 5.91 Å². The second kappa shape index (κ2) is 9.96. The molecular weight excluding hydrogens is 311 g/mol. The molecule has 0 aliphatic heterocycles. The van der Waals surface area contributed by atoms with E-state index in [1.54, 1.807) is 5.38 Å². The number of nitrogens with zero attached hydrogens (tertiary/aromatic N) is 1. The fraction of sp³-hybridized carbons (Fsp3) is 0.500. The number of nitrogens with one attached hydrogen (secondary N) is 2. The third kappa shape index (κ3) is 7.99. The van der Waals surface area contributed by atoms with E-state index in [1.807, 2.05) is 6.92 Å². The summed E-state index contributed by atoms with van der Waals surface area (Å²) in [6.45, 7) is 3.79. The molecule has 1 aromatic rings. The molecule has 6 nitrogen and oxygen atoms in total. The minimum Gasteiger partial charge on any atom is -0.351 e. The molecule has 0 aromatic carbocycles. The summed E-state index contributed by atoms with van der Waals surface area (Å²) in [7, 11) is 0. The van der Waals surface area contributed by atoms with Gasteiger partial charge in [0.15, 0.2) is 5.13 Å². The van der Waals surface area contributed by atoms with Crippen LogP contribution in [0.5, 0.6) is 0 Å². The van der Waals surface area contributed by atoms with Gasteiger partial charge in [0.2, 0.25) is 5.91 Å². The van der Waals surface area contributed by atoms with Gasteiger partial charge in [0.1, 0.15) is 5.69 Å². The summed E-state index contributed by atoms with van der Waals surface area (Å²) in [6.07, 6.45) is 0.717. The molecule has 1 aromatic heterocycles. The third-order valence-electron chi connectivity index (χ3n) is 1.91. The van der Waals surface area contributed by atoms with Crippen LogP contribution in [0.4, 0.5) is 5.13 Å². The zero-order valence-electron chi connectivity index (χ0n) is 10.6. The normalized spacial score (nSPS) is 10.7. The Morgan fingerprint density at radius 3 is 2.63 bits per heavy atom. The van der Waals surface area contributed by atoms with Crippen LogP contribution in [0.15, 0.2) is 5.38 Å². The lowest BCUT2D eigenvalue weighted by molar-refractivity contribution is -0.114. The zero-order valence-corrected chi connectivity index (χ0v) is 13.1. The number of carbonyl (C=O) groups is 2. The van der Waals surface area contributed by atoms with E-state index in [-0.39, 0.29) is 42.7 Å². The highest BCUT2D eigenvalue weighted by Gasteiger charge is 2.10. The number of rotatable bonds is 5. The lowest BCUT2D eigenvalue weighted by Crippen LogP contribution is -2.29. The highest BCUT2D eigenvalue weighted by molar-refractivity contribution is 7.14. The monoisotopic (exact) mass is 328 g/mol. The maximum absolute atomic E-state index is 11.6. The van der Waals surface area contributed by atoms with Crippen molar-refractivity contribution < 1.29 is 9.59 Å². The van der Waals surface area contributed by atoms with Crippen molar-refractivity contribution in [3.05, 3.63) is 11.1 Å². The Kier molecular flexibility index (Phi) is 10.7. The highest BCUT2D eigenvalue weighted by atomic mass is 35.5. The van der Waals surface area contributed by atoms with Crippen LogP contribution in [0.3, 0.4) is 0 Å². The average Bonchev–Trinajstić information content (AvgIpc) is 2.64. The lowest BCUT2D eigenvalue weighted by atomic mass is 10.2. The Bertz CT molecular complexity index is 412. The number of thiazole rings is 1. The number of halogens is 2. The summed E-state index contributed by atoms with van der Waals surface area (Å²) in [5.74, 6) is -0.457. The Morgan fingerprint density at radius 1 is 1.47 bits per heavy atom. The molecule has 1 rings (SSSR count). The quantitative estimate of drug-likeness (QED) is 0.761. The minimum atomic E-state index is -0.251. The van der Waals surface area contributed by atoms with Crippen LogP contribution in [0.2, 0.25) is 0 Å². The Labute approximate surface area is 128 Å². The molecule has 2 amide bonds. The van der Waals surface area contributed by atoms with Gasteiger partial charge in [0, 0.05) is 24.9 Å². The smallest absolute Gasteiger partial charge is 0.270 e. The second-order valence-corrected chi connectivity index (χ2v) is 4.60. The van der Waals surface area contributed by atoms with Crippen molar-refractivity contribution in [2.45, 2.75) is 26.3 Å². The van der Waals surface area contributed by atoms with Crippen LogP contribution in [0.1, 0.15) is 30.8 Å². The molecule has 0 bridgehead atoms. The fourth-order valence-electron chi connectivity index (χ4n) is 1.09. The molecule has 0 spiro atoms. The summed E-state index contributed by atoms with van der Waals surface area (Å²) >= 11 is 1.22. The summed E-state index contributed by atoms with van der Waals surface area (Å²) < 4.78 is 0. The highest BCUT2D eigenvalue weighted by Crippen LogP contribution is 2.14. The summed E-state index contributed by atoms with van der Waals surface area (Å²) in [5, 5.41) is 7.26. The van der Waals surface area contributed by atoms with E-state index < -0.39 is 0 Å². The van der Waals surface area contributed by atoms with Crippen LogP contribution in [-0.2, 0) is 4.79 Å². The molecule has 1 unspecified atom stereocenters.